The summed E-state index contributed by atoms with van der Waals surface area (Å²) in [6.07, 6.45) is 9.45. The van der Waals surface area contributed by atoms with Gasteiger partial charge in [0, 0.05) is 61.5 Å². The SMILES string of the molecule is CC(=O)N1CC2CC1CC2N1CC[C@@H](Cc2cn(-c3ccc(F)cc3C(O)N(C)C(C)C)c3cncc(C)c23)C1. The molecule has 2 bridgehead atoms. The normalized spacial score (nSPS) is 25.7. The number of aryl methyl sites for hydroxylation is 1. The third-order valence-electron chi connectivity index (χ3n) is 9.91. The average Bonchev–Trinajstić information content (AvgIpc) is 3.71. The topological polar surface area (TPSA) is 64.8 Å². The van der Waals surface area contributed by atoms with E-state index >= 15 is 0 Å². The fraction of sp³-hybridized carbons (Fsp3) is 0.562. The van der Waals surface area contributed by atoms with Gasteiger partial charge < -0.3 is 14.6 Å². The van der Waals surface area contributed by atoms with Crippen LogP contribution in [0.2, 0.25) is 0 Å². The number of fused-ring (bicyclic) bond motifs is 3. The molecule has 0 spiro atoms. The van der Waals surface area contributed by atoms with Gasteiger partial charge in [0.25, 0.3) is 0 Å². The van der Waals surface area contributed by atoms with Crippen LogP contribution in [-0.4, -0.2) is 80.1 Å². The number of carbonyl (C=O) groups excluding carboxylic acids is 1. The van der Waals surface area contributed by atoms with Crippen molar-refractivity contribution in [3.05, 3.63) is 59.3 Å². The van der Waals surface area contributed by atoms with Gasteiger partial charge in [0.15, 0.2) is 0 Å². The molecule has 5 atom stereocenters. The molecule has 1 amide bonds. The van der Waals surface area contributed by atoms with Crippen molar-refractivity contribution in [2.75, 3.05) is 26.7 Å². The van der Waals surface area contributed by atoms with Crippen LogP contribution in [0.3, 0.4) is 0 Å². The highest BCUT2D eigenvalue weighted by molar-refractivity contribution is 5.88. The Bertz CT molecular complexity index is 1420. The number of aliphatic hydroxyl groups excluding tert-OH is 1. The van der Waals surface area contributed by atoms with Crippen molar-refractivity contribution in [3.63, 3.8) is 0 Å². The lowest BCUT2D eigenvalue weighted by molar-refractivity contribution is -0.131. The first-order chi connectivity index (χ1) is 19.1. The molecule has 4 unspecified atom stereocenters. The maximum atomic E-state index is 14.4. The number of aromatic nitrogens is 2. The Morgan fingerprint density at radius 2 is 2.02 bits per heavy atom. The van der Waals surface area contributed by atoms with Gasteiger partial charge in [0.05, 0.1) is 17.4 Å². The number of halogens is 1. The fourth-order valence-corrected chi connectivity index (χ4v) is 7.65. The quantitative estimate of drug-likeness (QED) is 0.436. The Labute approximate surface area is 236 Å². The number of rotatable bonds is 7. The minimum Gasteiger partial charge on any atom is -0.374 e. The number of amides is 1. The summed E-state index contributed by atoms with van der Waals surface area (Å²) in [6, 6.07) is 5.80. The van der Waals surface area contributed by atoms with Gasteiger partial charge >= 0.3 is 0 Å². The van der Waals surface area contributed by atoms with E-state index in [0.29, 0.717) is 29.5 Å². The van der Waals surface area contributed by atoms with E-state index in [0.717, 1.165) is 55.7 Å². The molecule has 1 aromatic carbocycles. The van der Waals surface area contributed by atoms with E-state index in [2.05, 4.69) is 32.5 Å². The van der Waals surface area contributed by atoms with Crippen LogP contribution in [-0.2, 0) is 11.2 Å². The van der Waals surface area contributed by atoms with Crippen LogP contribution in [0.5, 0.6) is 0 Å². The number of pyridine rings is 1. The van der Waals surface area contributed by atoms with E-state index in [1.54, 1.807) is 13.0 Å². The molecule has 214 valence electrons. The first-order valence-electron chi connectivity index (χ1n) is 14.8. The summed E-state index contributed by atoms with van der Waals surface area (Å²) < 4.78 is 16.5. The molecule has 2 saturated heterocycles. The number of carbonyl (C=O) groups is 1. The molecule has 3 aliphatic rings. The molecule has 4 heterocycles. The number of piperidine rings is 1. The molecular formula is C32H42FN5O2. The van der Waals surface area contributed by atoms with Crippen LogP contribution in [0.25, 0.3) is 16.6 Å². The second-order valence-electron chi connectivity index (χ2n) is 12.7. The summed E-state index contributed by atoms with van der Waals surface area (Å²) >= 11 is 0. The maximum absolute atomic E-state index is 14.4. The predicted molar refractivity (Wildman–Crippen MR) is 155 cm³/mol. The zero-order valence-corrected chi connectivity index (χ0v) is 24.3. The predicted octanol–water partition coefficient (Wildman–Crippen LogP) is 4.68. The molecule has 0 radical (unpaired) electrons. The second-order valence-corrected chi connectivity index (χ2v) is 12.7. The van der Waals surface area contributed by atoms with Gasteiger partial charge in [0.1, 0.15) is 12.0 Å². The van der Waals surface area contributed by atoms with E-state index in [4.69, 9.17) is 0 Å². The number of benzene rings is 1. The zero-order chi connectivity index (χ0) is 28.3. The summed E-state index contributed by atoms with van der Waals surface area (Å²) in [7, 11) is 1.86. The summed E-state index contributed by atoms with van der Waals surface area (Å²) in [5.74, 6) is 1.02. The molecule has 40 heavy (non-hydrogen) atoms. The van der Waals surface area contributed by atoms with Gasteiger partial charge in [-0.1, -0.05) is 0 Å². The van der Waals surface area contributed by atoms with Crippen molar-refractivity contribution in [3.8, 4) is 5.69 Å². The maximum Gasteiger partial charge on any atom is 0.219 e. The van der Waals surface area contributed by atoms with Crippen LogP contribution in [0, 0.1) is 24.6 Å². The summed E-state index contributed by atoms with van der Waals surface area (Å²) in [5, 5.41) is 12.4. The van der Waals surface area contributed by atoms with Crippen molar-refractivity contribution in [1.29, 1.82) is 0 Å². The van der Waals surface area contributed by atoms with Crippen LogP contribution in [0.4, 0.5) is 4.39 Å². The largest absolute Gasteiger partial charge is 0.374 e. The number of nitrogens with zero attached hydrogens (tertiary/aromatic N) is 5. The molecule has 6 rings (SSSR count). The lowest BCUT2D eigenvalue weighted by atomic mass is 9.97. The second kappa shape index (κ2) is 10.5. The minimum atomic E-state index is -0.937. The Balaban J connectivity index is 1.27. The third-order valence-corrected chi connectivity index (χ3v) is 9.91. The van der Waals surface area contributed by atoms with Crippen molar-refractivity contribution in [1.82, 2.24) is 24.3 Å². The molecule has 1 aliphatic carbocycles. The van der Waals surface area contributed by atoms with Crippen LogP contribution < -0.4 is 0 Å². The lowest BCUT2D eigenvalue weighted by Crippen LogP contribution is -2.46. The Morgan fingerprint density at radius 3 is 2.73 bits per heavy atom. The van der Waals surface area contributed by atoms with Crippen molar-refractivity contribution in [2.24, 2.45) is 11.8 Å². The number of hydrogen-bond donors (Lipinski definition) is 1. The van der Waals surface area contributed by atoms with E-state index in [9.17, 15) is 14.3 Å². The fourth-order valence-electron chi connectivity index (χ4n) is 7.65. The Kier molecular flexibility index (Phi) is 7.21. The monoisotopic (exact) mass is 547 g/mol. The summed E-state index contributed by atoms with van der Waals surface area (Å²) in [5.41, 5.74) is 4.70. The molecule has 3 aromatic rings. The summed E-state index contributed by atoms with van der Waals surface area (Å²) in [6.45, 7) is 11.0. The number of hydrogen-bond acceptors (Lipinski definition) is 5. The first-order valence-corrected chi connectivity index (χ1v) is 14.8. The third kappa shape index (κ3) is 4.74. The van der Waals surface area contributed by atoms with Crippen LogP contribution in [0.1, 0.15) is 63.0 Å². The molecular weight excluding hydrogens is 505 g/mol. The van der Waals surface area contributed by atoms with Crippen molar-refractivity contribution >= 4 is 16.8 Å². The van der Waals surface area contributed by atoms with Gasteiger partial charge in [0.2, 0.25) is 5.91 Å². The number of aliphatic hydroxyl groups is 1. The van der Waals surface area contributed by atoms with Gasteiger partial charge in [-0.2, -0.15) is 0 Å². The standard InChI is InChI=1S/C32H42FN5O2/c1-19(2)35(5)32(40)27-12-25(33)6-7-28(27)38-18-24(31-20(3)14-34-15-30(31)38)10-22-8-9-36(16-22)29-13-26-11-23(29)17-37(26)21(4)39/h6-7,12,14-15,18-19,22-23,26,29,32,40H,8-11,13,16-17H2,1-5H3/t22-,23?,26?,29?,32?/m0/s1. The molecule has 3 fully saturated rings. The molecule has 1 N–H and O–H groups in total. The molecule has 2 aliphatic heterocycles. The first kappa shape index (κ1) is 27.4. The number of likely N-dealkylation sites (tertiary alicyclic amines) is 2. The molecule has 7 nitrogen and oxygen atoms in total. The Morgan fingerprint density at radius 1 is 1.23 bits per heavy atom. The van der Waals surface area contributed by atoms with E-state index in [-0.39, 0.29) is 17.8 Å². The smallest absolute Gasteiger partial charge is 0.219 e. The lowest BCUT2D eigenvalue weighted by Gasteiger charge is -2.36. The molecule has 2 aromatic heterocycles. The molecule has 1 saturated carbocycles. The highest BCUT2D eigenvalue weighted by Gasteiger charge is 2.48. The Hall–Kier alpha value is -2.81. The van der Waals surface area contributed by atoms with Gasteiger partial charge in [-0.15, -0.1) is 0 Å². The summed E-state index contributed by atoms with van der Waals surface area (Å²) in [4.78, 5) is 23.1. The van der Waals surface area contributed by atoms with Crippen LogP contribution in [0.15, 0.2) is 36.8 Å². The van der Waals surface area contributed by atoms with Crippen LogP contribution >= 0.6 is 0 Å². The van der Waals surface area contributed by atoms with Gasteiger partial charge in [-0.25, -0.2) is 4.39 Å². The van der Waals surface area contributed by atoms with E-state index < -0.39 is 6.23 Å². The van der Waals surface area contributed by atoms with Crippen molar-refractivity contribution < 1.29 is 14.3 Å². The van der Waals surface area contributed by atoms with Crippen molar-refractivity contribution in [2.45, 2.75) is 77.7 Å². The molecule has 8 heteroatoms. The van der Waals surface area contributed by atoms with Gasteiger partial charge in [-0.05, 0) is 101 Å². The van der Waals surface area contributed by atoms with Gasteiger partial charge in [-0.3, -0.25) is 19.6 Å². The van der Waals surface area contributed by atoms with E-state index in [1.807, 2.05) is 38.2 Å². The average molecular weight is 548 g/mol. The minimum absolute atomic E-state index is 0.0953. The highest BCUT2D eigenvalue weighted by atomic mass is 19.1. The highest BCUT2D eigenvalue weighted by Crippen LogP contribution is 2.42. The van der Waals surface area contributed by atoms with E-state index in [1.165, 1.54) is 29.5 Å². The zero-order valence-electron chi connectivity index (χ0n) is 24.3.